The van der Waals surface area contributed by atoms with E-state index >= 15 is 0 Å². The van der Waals surface area contributed by atoms with Crippen LogP contribution in [0.3, 0.4) is 0 Å². The van der Waals surface area contributed by atoms with E-state index in [0.717, 1.165) is 35.5 Å². The van der Waals surface area contributed by atoms with Crippen molar-refractivity contribution in [3.8, 4) is 0 Å². The molecule has 1 aliphatic rings. The predicted molar refractivity (Wildman–Crippen MR) is 131 cm³/mol. The maximum atomic E-state index is 13.1. The van der Waals surface area contributed by atoms with Crippen molar-refractivity contribution in [3.05, 3.63) is 60.1 Å². The van der Waals surface area contributed by atoms with Gasteiger partial charge in [-0.15, -0.1) is 10.2 Å². The Bertz CT molecular complexity index is 1030. The molecule has 1 saturated heterocycles. The van der Waals surface area contributed by atoms with Gasteiger partial charge in [0.2, 0.25) is 11.9 Å². The van der Waals surface area contributed by atoms with E-state index in [4.69, 9.17) is 4.42 Å². The van der Waals surface area contributed by atoms with E-state index in [2.05, 4.69) is 33.5 Å². The van der Waals surface area contributed by atoms with Crippen LogP contribution >= 0.6 is 11.8 Å². The molecule has 3 atom stereocenters. The molecule has 1 amide bonds. The van der Waals surface area contributed by atoms with Crippen molar-refractivity contribution >= 4 is 23.6 Å². The van der Waals surface area contributed by atoms with E-state index in [1.807, 2.05) is 56.4 Å². The van der Waals surface area contributed by atoms with Gasteiger partial charge in [-0.1, -0.05) is 55.9 Å². The number of hydrogen-bond donors (Lipinski definition) is 0. The molecule has 33 heavy (non-hydrogen) atoms. The predicted octanol–water partition coefficient (Wildman–Crippen LogP) is 4.54. The molecule has 4 rings (SSSR count). The summed E-state index contributed by atoms with van der Waals surface area (Å²) in [6, 6.07) is 13.9. The zero-order valence-corrected chi connectivity index (χ0v) is 20.7. The number of piperidine rings is 1. The molecule has 2 aromatic heterocycles. The SMILES string of the molecule is CC1CC(C)CN(c2nnc(SC(C)C(=O)N(C)Cc3ccccc3)n2Cc2ccco2)C1. The van der Waals surface area contributed by atoms with E-state index in [0.29, 0.717) is 24.9 Å². The minimum atomic E-state index is -0.287. The fourth-order valence-corrected chi connectivity index (χ4v) is 5.54. The molecular formula is C25H33N5O2S. The number of furan rings is 1. The van der Waals surface area contributed by atoms with Crippen LogP contribution in [0.5, 0.6) is 0 Å². The highest BCUT2D eigenvalue weighted by molar-refractivity contribution is 8.00. The number of rotatable bonds is 8. The number of amides is 1. The molecule has 0 N–H and O–H groups in total. The molecule has 1 aliphatic heterocycles. The lowest BCUT2D eigenvalue weighted by atomic mass is 9.92. The molecule has 1 aromatic carbocycles. The number of carbonyl (C=O) groups is 1. The van der Waals surface area contributed by atoms with Gasteiger partial charge >= 0.3 is 0 Å². The quantitative estimate of drug-likeness (QED) is 0.453. The molecule has 0 saturated carbocycles. The van der Waals surface area contributed by atoms with Gasteiger partial charge in [0.05, 0.1) is 18.1 Å². The Kier molecular flexibility index (Phi) is 7.42. The fourth-order valence-electron chi connectivity index (χ4n) is 4.58. The monoisotopic (exact) mass is 467 g/mol. The minimum Gasteiger partial charge on any atom is -0.467 e. The van der Waals surface area contributed by atoms with Gasteiger partial charge < -0.3 is 14.2 Å². The molecule has 7 nitrogen and oxygen atoms in total. The second-order valence-electron chi connectivity index (χ2n) is 9.24. The number of carbonyl (C=O) groups excluding carboxylic acids is 1. The summed E-state index contributed by atoms with van der Waals surface area (Å²) in [5.41, 5.74) is 1.11. The molecule has 3 aromatic rings. The van der Waals surface area contributed by atoms with E-state index < -0.39 is 0 Å². The van der Waals surface area contributed by atoms with Crippen LogP contribution in [-0.2, 0) is 17.9 Å². The highest BCUT2D eigenvalue weighted by Crippen LogP contribution is 2.31. The zero-order valence-electron chi connectivity index (χ0n) is 19.8. The van der Waals surface area contributed by atoms with Crippen molar-refractivity contribution in [1.82, 2.24) is 19.7 Å². The fraction of sp³-hybridized carbons (Fsp3) is 0.480. The second-order valence-corrected chi connectivity index (χ2v) is 10.5. The summed E-state index contributed by atoms with van der Waals surface area (Å²) in [4.78, 5) is 17.2. The molecule has 176 valence electrons. The molecule has 8 heteroatoms. The highest BCUT2D eigenvalue weighted by Gasteiger charge is 2.29. The minimum absolute atomic E-state index is 0.0677. The Balaban J connectivity index is 1.52. The summed E-state index contributed by atoms with van der Waals surface area (Å²) >= 11 is 1.46. The number of anilines is 1. The van der Waals surface area contributed by atoms with Crippen LogP contribution in [0.2, 0.25) is 0 Å². The average Bonchev–Trinajstić information content (AvgIpc) is 3.44. The lowest BCUT2D eigenvalue weighted by Crippen LogP contribution is -2.40. The molecule has 1 fully saturated rings. The van der Waals surface area contributed by atoms with Crippen LogP contribution in [0.4, 0.5) is 5.95 Å². The summed E-state index contributed by atoms with van der Waals surface area (Å²) in [6.45, 7) is 9.55. The summed E-state index contributed by atoms with van der Waals surface area (Å²) in [7, 11) is 1.85. The number of thioether (sulfide) groups is 1. The Morgan fingerprint density at radius 2 is 1.88 bits per heavy atom. The highest BCUT2D eigenvalue weighted by atomic mass is 32.2. The van der Waals surface area contributed by atoms with Gasteiger partial charge in [-0.3, -0.25) is 9.36 Å². The second kappa shape index (κ2) is 10.5. The first-order chi connectivity index (χ1) is 15.9. The molecule has 3 unspecified atom stereocenters. The summed E-state index contributed by atoms with van der Waals surface area (Å²) in [5, 5.41) is 9.53. The first kappa shape index (κ1) is 23.4. The Morgan fingerprint density at radius 1 is 1.15 bits per heavy atom. The van der Waals surface area contributed by atoms with Crippen molar-refractivity contribution in [3.63, 3.8) is 0 Å². The number of hydrogen-bond acceptors (Lipinski definition) is 6. The van der Waals surface area contributed by atoms with Gasteiger partial charge in [-0.2, -0.15) is 0 Å². The van der Waals surface area contributed by atoms with Crippen molar-refractivity contribution in [2.45, 2.75) is 50.7 Å². The van der Waals surface area contributed by atoms with Crippen LogP contribution in [0.25, 0.3) is 0 Å². The van der Waals surface area contributed by atoms with Crippen LogP contribution in [-0.4, -0.2) is 51.0 Å². The van der Waals surface area contributed by atoms with Crippen molar-refractivity contribution in [2.75, 3.05) is 25.0 Å². The topological polar surface area (TPSA) is 67.4 Å². The Labute approximate surface area is 200 Å². The molecule has 0 radical (unpaired) electrons. The van der Waals surface area contributed by atoms with Gasteiger partial charge in [0.15, 0.2) is 5.16 Å². The zero-order chi connectivity index (χ0) is 23.4. The van der Waals surface area contributed by atoms with E-state index in [1.165, 1.54) is 18.2 Å². The third-order valence-electron chi connectivity index (χ3n) is 6.01. The Hall–Kier alpha value is -2.74. The smallest absolute Gasteiger partial charge is 0.235 e. The van der Waals surface area contributed by atoms with E-state index in [9.17, 15) is 4.79 Å². The van der Waals surface area contributed by atoms with Crippen molar-refractivity contribution in [2.24, 2.45) is 11.8 Å². The number of nitrogens with zero attached hydrogens (tertiary/aromatic N) is 5. The largest absolute Gasteiger partial charge is 0.467 e. The lowest BCUT2D eigenvalue weighted by Gasteiger charge is -2.35. The summed E-state index contributed by atoms with van der Waals surface area (Å²) < 4.78 is 7.72. The Morgan fingerprint density at radius 3 is 2.55 bits per heavy atom. The summed E-state index contributed by atoms with van der Waals surface area (Å²) in [5.74, 6) is 2.97. The van der Waals surface area contributed by atoms with Crippen LogP contribution in [0.1, 0.15) is 38.5 Å². The van der Waals surface area contributed by atoms with Crippen molar-refractivity contribution < 1.29 is 9.21 Å². The van der Waals surface area contributed by atoms with Gasteiger partial charge in [0.1, 0.15) is 5.76 Å². The van der Waals surface area contributed by atoms with Crippen LogP contribution in [0.15, 0.2) is 58.3 Å². The molecule has 0 spiro atoms. The molecule has 3 heterocycles. The van der Waals surface area contributed by atoms with Gasteiger partial charge in [-0.05, 0) is 42.9 Å². The van der Waals surface area contributed by atoms with Crippen LogP contribution < -0.4 is 4.90 Å². The average molecular weight is 468 g/mol. The van der Waals surface area contributed by atoms with Gasteiger partial charge in [-0.25, -0.2) is 0 Å². The summed E-state index contributed by atoms with van der Waals surface area (Å²) in [6.07, 6.45) is 2.91. The first-order valence-corrected chi connectivity index (χ1v) is 12.4. The normalized spacial score (nSPS) is 19.5. The van der Waals surface area contributed by atoms with Crippen molar-refractivity contribution in [1.29, 1.82) is 0 Å². The first-order valence-electron chi connectivity index (χ1n) is 11.6. The third-order valence-corrected chi connectivity index (χ3v) is 7.08. The lowest BCUT2D eigenvalue weighted by molar-refractivity contribution is -0.129. The maximum Gasteiger partial charge on any atom is 0.235 e. The number of benzene rings is 1. The van der Waals surface area contributed by atoms with E-state index in [1.54, 1.807) is 11.2 Å². The van der Waals surface area contributed by atoms with Gasteiger partial charge in [0, 0.05) is 26.7 Å². The van der Waals surface area contributed by atoms with E-state index in [-0.39, 0.29) is 11.2 Å². The van der Waals surface area contributed by atoms with Crippen LogP contribution in [0, 0.1) is 11.8 Å². The number of aromatic nitrogens is 3. The third kappa shape index (κ3) is 5.79. The molecule has 0 bridgehead atoms. The molecular weight excluding hydrogens is 434 g/mol. The maximum absolute atomic E-state index is 13.1. The standard InChI is InChI=1S/C25H33N5O2S/c1-18-13-19(2)15-29(14-18)24-26-27-25(30(24)17-22-11-8-12-32-22)33-20(3)23(31)28(4)16-21-9-6-5-7-10-21/h5-12,18-20H,13-17H2,1-4H3. The van der Waals surface area contributed by atoms with Gasteiger partial charge in [0.25, 0.3) is 0 Å². The molecule has 0 aliphatic carbocycles.